The minimum atomic E-state index is -0.656. The summed E-state index contributed by atoms with van der Waals surface area (Å²) in [5.74, 6) is -0.00206. The van der Waals surface area contributed by atoms with Crippen molar-refractivity contribution in [3.05, 3.63) is 65.7 Å². The predicted octanol–water partition coefficient (Wildman–Crippen LogP) is 2.73. The number of amides is 1. The molecule has 0 spiro atoms. The number of rotatable bonds is 5. The second-order valence-corrected chi connectivity index (χ2v) is 5.91. The van der Waals surface area contributed by atoms with Gasteiger partial charge in [0.1, 0.15) is 16.9 Å². The number of primary amides is 1. The van der Waals surface area contributed by atoms with Crippen molar-refractivity contribution in [1.29, 1.82) is 0 Å². The molecule has 0 saturated heterocycles. The van der Waals surface area contributed by atoms with Crippen LogP contribution in [0.4, 0.5) is 5.69 Å². The minimum Gasteiger partial charge on any atom is -0.494 e. The number of fused-ring (bicyclic) bond motifs is 1. The molecular weight excluding hydrogens is 364 g/mol. The molecule has 138 valence electrons. The van der Waals surface area contributed by atoms with Crippen LogP contribution in [0.15, 0.2) is 64.1 Å². The van der Waals surface area contributed by atoms with Crippen molar-refractivity contribution in [1.82, 2.24) is 5.43 Å². The zero-order valence-electron chi connectivity index (χ0n) is 14.6. The van der Waals surface area contributed by atoms with Gasteiger partial charge in [-0.15, -0.1) is 5.10 Å². The van der Waals surface area contributed by atoms with Gasteiger partial charge in [0.25, 0.3) is 5.91 Å². The quantitative estimate of drug-likeness (QED) is 0.463. The summed E-state index contributed by atoms with van der Waals surface area (Å²) in [6.07, 6.45) is 0. The number of para-hydroxylation sites is 1. The molecule has 0 fully saturated rings. The van der Waals surface area contributed by atoms with Gasteiger partial charge in [-0.1, -0.05) is 18.2 Å². The SMILES string of the molecule is CCOc1ccc2cc(C(N)=O)/c(=N/NC(=S)Nc3ccccc3)oc2c1. The summed E-state index contributed by atoms with van der Waals surface area (Å²) in [5, 5.41) is 8.01. The van der Waals surface area contributed by atoms with Crippen LogP contribution < -0.4 is 26.8 Å². The Balaban J connectivity index is 1.92. The average molecular weight is 382 g/mol. The highest BCUT2D eigenvalue weighted by atomic mass is 32.1. The van der Waals surface area contributed by atoms with E-state index >= 15 is 0 Å². The molecule has 3 rings (SSSR count). The fraction of sp³-hybridized carbons (Fsp3) is 0.105. The Morgan fingerprint density at radius 1 is 1.22 bits per heavy atom. The van der Waals surface area contributed by atoms with Crippen molar-refractivity contribution in [3.8, 4) is 5.75 Å². The molecule has 0 atom stereocenters. The molecule has 2 aromatic carbocycles. The fourth-order valence-electron chi connectivity index (χ4n) is 2.40. The minimum absolute atomic E-state index is 0.0286. The summed E-state index contributed by atoms with van der Waals surface area (Å²) in [4.78, 5) is 11.8. The molecule has 0 bridgehead atoms. The standard InChI is InChI=1S/C19H18N4O3S/c1-2-25-14-9-8-12-10-15(17(20)24)18(26-16(12)11-14)22-23-19(27)21-13-6-4-3-5-7-13/h3-11H,2H2,1H3,(H2,20,24)(H2,21,23,27)/b22-18-. The summed E-state index contributed by atoms with van der Waals surface area (Å²) in [6.45, 7) is 2.42. The maximum atomic E-state index is 11.8. The lowest BCUT2D eigenvalue weighted by Gasteiger charge is -2.07. The number of nitrogens with one attached hydrogen (secondary N) is 2. The maximum absolute atomic E-state index is 11.8. The largest absolute Gasteiger partial charge is 0.494 e. The van der Waals surface area contributed by atoms with Crippen molar-refractivity contribution in [2.24, 2.45) is 10.8 Å². The Labute approximate surface area is 160 Å². The molecule has 1 aromatic heterocycles. The van der Waals surface area contributed by atoms with Gasteiger partial charge in [-0.25, -0.2) is 5.43 Å². The Morgan fingerprint density at radius 2 is 2.00 bits per heavy atom. The number of anilines is 1. The molecule has 27 heavy (non-hydrogen) atoms. The number of benzene rings is 2. The number of carbonyl (C=O) groups is 1. The molecule has 0 aliphatic carbocycles. The summed E-state index contributed by atoms with van der Waals surface area (Å²) in [5.41, 5.74) is 9.59. The van der Waals surface area contributed by atoms with E-state index in [2.05, 4.69) is 15.8 Å². The molecule has 0 unspecified atom stereocenters. The number of carbonyl (C=O) groups excluding carboxylic acids is 1. The van der Waals surface area contributed by atoms with Gasteiger partial charge in [-0.05, 0) is 49.5 Å². The fourth-order valence-corrected chi connectivity index (χ4v) is 2.56. The smallest absolute Gasteiger partial charge is 0.254 e. The van der Waals surface area contributed by atoms with Crippen molar-refractivity contribution in [2.45, 2.75) is 6.92 Å². The van der Waals surface area contributed by atoms with Crippen LogP contribution in [0.5, 0.6) is 5.75 Å². The highest BCUT2D eigenvalue weighted by Gasteiger charge is 2.10. The van der Waals surface area contributed by atoms with E-state index in [9.17, 15) is 4.79 Å². The lowest BCUT2D eigenvalue weighted by Crippen LogP contribution is -2.29. The van der Waals surface area contributed by atoms with Crippen LogP contribution in [-0.2, 0) is 0 Å². The van der Waals surface area contributed by atoms with E-state index in [1.54, 1.807) is 24.3 Å². The second kappa shape index (κ2) is 8.33. The van der Waals surface area contributed by atoms with Gasteiger partial charge in [0.15, 0.2) is 5.11 Å². The van der Waals surface area contributed by atoms with E-state index in [0.717, 1.165) is 5.69 Å². The van der Waals surface area contributed by atoms with Crippen LogP contribution in [0.3, 0.4) is 0 Å². The van der Waals surface area contributed by atoms with Gasteiger partial charge >= 0.3 is 0 Å². The summed E-state index contributed by atoms with van der Waals surface area (Å²) in [7, 11) is 0. The molecule has 1 heterocycles. The summed E-state index contributed by atoms with van der Waals surface area (Å²) >= 11 is 5.20. The van der Waals surface area contributed by atoms with Crippen LogP contribution in [0, 0.1) is 0 Å². The molecule has 1 amide bonds. The number of nitrogens with two attached hydrogens (primary N) is 1. The van der Waals surface area contributed by atoms with Crippen LogP contribution >= 0.6 is 12.2 Å². The van der Waals surface area contributed by atoms with Crippen molar-refractivity contribution >= 4 is 39.9 Å². The molecular formula is C19H18N4O3S. The second-order valence-electron chi connectivity index (χ2n) is 5.51. The van der Waals surface area contributed by atoms with Gasteiger partial charge in [0.2, 0.25) is 5.55 Å². The van der Waals surface area contributed by atoms with Gasteiger partial charge in [-0.2, -0.15) is 0 Å². The monoisotopic (exact) mass is 382 g/mol. The Kier molecular flexibility index (Phi) is 5.68. The molecule has 0 saturated carbocycles. The van der Waals surface area contributed by atoms with E-state index < -0.39 is 5.91 Å². The number of nitrogens with zero attached hydrogens (tertiary/aromatic N) is 1. The highest BCUT2D eigenvalue weighted by Crippen LogP contribution is 2.20. The number of hydrogen-bond acceptors (Lipinski definition) is 5. The summed E-state index contributed by atoms with van der Waals surface area (Å²) in [6, 6.07) is 16.3. The lowest BCUT2D eigenvalue weighted by atomic mass is 10.1. The van der Waals surface area contributed by atoms with Crippen molar-refractivity contribution in [3.63, 3.8) is 0 Å². The van der Waals surface area contributed by atoms with Crippen LogP contribution in [0.2, 0.25) is 0 Å². The van der Waals surface area contributed by atoms with E-state index in [1.807, 2.05) is 37.3 Å². The molecule has 0 aliphatic heterocycles. The normalized spacial score (nSPS) is 11.2. The van der Waals surface area contributed by atoms with E-state index in [4.69, 9.17) is 27.1 Å². The molecule has 4 N–H and O–H groups in total. The number of ether oxygens (including phenoxy) is 1. The van der Waals surface area contributed by atoms with Gasteiger partial charge < -0.3 is 20.2 Å². The van der Waals surface area contributed by atoms with Gasteiger partial charge in [0.05, 0.1) is 6.61 Å². The van der Waals surface area contributed by atoms with E-state index in [0.29, 0.717) is 23.3 Å². The van der Waals surface area contributed by atoms with Gasteiger partial charge in [0, 0.05) is 17.1 Å². The van der Waals surface area contributed by atoms with Crippen LogP contribution in [-0.4, -0.2) is 17.6 Å². The zero-order chi connectivity index (χ0) is 19.2. The Bertz CT molecular complexity index is 1050. The first kappa shape index (κ1) is 18.4. The van der Waals surface area contributed by atoms with Crippen molar-refractivity contribution in [2.75, 3.05) is 11.9 Å². The third-order valence-electron chi connectivity index (χ3n) is 3.59. The van der Waals surface area contributed by atoms with Crippen LogP contribution in [0.25, 0.3) is 11.0 Å². The highest BCUT2D eigenvalue weighted by molar-refractivity contribution is 7.80. The van der Waals surface area contributed by atoms with E-state index in [-0.39, 0.29) is 16.2 Å². The molecule has 0 radical (unpaired) electrons. The molecule has 3 aromatic rings. The first-order chi connectivity index (χ1) is 13.1. The van der Waals surface area contributed by atoms with Crippen molar-refractivity contribution < 1.29 is 13.9 Å². The third-order valence-corrected chi connectivity index (χ3v) is 3.78. The van der Waals surface area contributed by atoms with E-state index in [1.165, 1.54) is 0 Å². The Hall–Kier alpha value is -3.39. The lowest BCUT2D eigenvalue weighted by molar-refractivity contribution is 0.0996. The number of thiocarbonyl (C=S) groups is 1. The molecule has 7 nitrogen and oxygen atoms in total. The van der Waals surface area contributed by atoms with Gasteiger partial charge in [-0.3, -0.25) is 4.79 Å². The Morgan fingerprint density at radius 3 is 2.70 bits per heavy atom. The number of hydrogen-bond donors (Lipinski definition) is 3. The predicted molar refractivity (Wildman–Crippen MR) is 107 cm³/mol. The average Bonchev–Trinajstić information content (AvgIpc) is 2.66. The molecule has 8 heteroatoms. The summed E-state index contributed by atoms with van der Waals surface area (Å²) < 4.78 is 11.2. The van der Waals surface area contributed by atoms with Crippen LogP contribution in [0.1, 0.15) is 17.3 Å². The molecule has 0 aliphatic rings. The topological polar surface area (TPSA) is 102 Å². The maximum Gasteiger partial charge on any atom is 0.254 e. The third kappa shape index (κ3) is 4.62. The zero-order valence-corrected chi connectivity index (χ0v) is 15.4. The first-order valence-corrected chi connectivity index (χ1v) is 8.64. The first-order valence-electron chi connectivity index (χ1n) is 8.23.